The summed E-state index contributed by atoms with van der Waals surface area (Å²) in [5, 5.41) is 0. The van der Waals surface area contributed by atoms with Crippen LogP contribution in [0.5, 0.6) is 0 Å². The van der Waals surface area contributed by atoms with Crippen LogP contribution in [0, 0.1) is 5.41 Å². The van der Waals surface area contributed by atoms with Crippen LogP contribution in [0.15, 0.2) is 0 Å². The molecule has 2 fully saturated rings. The minimum absolute atomic E-state index is 0.773. The van der Waals surface area contributed by atoms with Crippen LogP contribution in [-0.4, -0.2) is 25.0 Å². The minimum Gasteiger partial charge on any atom is -0.305 e. The van der Waals surface area contributed by atoms with Gasteiger partial charge in [-0.05, 0) is 25.3 Å². The monoisotopic (exact) mass is 167 g/mol. The minimum atomic E-state index is 0.773. The first-order valence-corrected chi connectivity index (χ1v) is 5.49. The molecule has 1 heteroatoms. The maximum atomic E-state index is 2.47. The zero-order valence-corrected chi connectivity index (χ0v) is 8.31. The summed E-state index contributed by atoms with van der Waals surface area (Å²) in [5.74, 6) is 0. The van der Waals surface area contributed by atoms with Gasteiger partial charge in [0, 0.05) is 13.1 Å². The van der Waals surface area contributed by atoms with E-state index in [1.807, 2.05) is 0 Å². The van der Waals surface area contributed by atoms with Gasteiger partial charge in [-0.15, -0.1) is 0 Å². The van der Waals surface area contributed by atoms with Crippen LogP contribution in [0.4, 0.5) is 0 Å². The number of likely N-dealkylation sites (tertiary alicyclic amines) is 1. The van der Waals surface area contributed by atoms with Crippen molar-refractivity contribution in [1.29, 1.82) is 0 Å². The Bertz CT molecular complexity index is 137. The van der Waals surface area contributed by atoms with Gasteiger partial charge in [0.2, 0.25) is 0 Å². The Balaban J connectivity index is 1.86. The van der Waals surface area contributed by atoms with Crippen molar-refractivity contribution in [3.05, 3.63) is 0 Å². The summed E-state index contributed by atoms with van der Waals surface area (Å²) in [6, 6.07) is 0. The lowest BCUT2D eigenvalue weighted by molar-refractivity contribution is -0.000490. The Kier molecular flexibility index (Phi) is 2.40. The Morgan fingerprint density at radius 3 is 1.83 bits per heavy atom. The van der Waals surface area contributed by atoms with Crippen LogP contribution < -0.4 is 0 Å². The SMILES string of the molecule is CN1CC2(CCCCCCC2)C1. The summed E-state index contributed by atoms with van der Waals surface area (Å²) in [4.78, 5) is 2.47. The molecule has 0 bridgehead atoms. The summed E-state index contributed by atoms with van der Waals surface area (Å²) >= 11 is 0. The summed E-state index contributed by atoms with van der Waals surface area (Å²) in [6.07, 6.45) is 10.5. The fourth-order valence-corrected chi connectivity index (χ4v) is 3.07. The van der Waals surface area contributed by atoms with Gasteiger partial charge >= 0.3 is 0 Å². The molecule has 1 nitrogen and oxygen atoms in total. The maximum Gasteiger partial charge on any atom is 0.00474 e. The van der Waals surface area contributed by atoms with Crippen LogP contribution in [0.3, 0.4) is 0 Å². The fourth-order valence-electron chi connectivity index (χ4n) is 3.07. The van der Waals surface area contributed by atoms with Crippen LogP contribution >= 0.6 is 0 Å². The van der Waals surface area contributed by atoms with Crippen molar-refractivity contribution >= 4 is 0 Å². The van der Waals surface area contributed by atoms with Gasteiger partial charge in [0.05, 0.1) is 0 Å². The summed E-state index contributed by atoms with van der Waals surface area (Å²) < 4.78 is 0. The summed E-state index contributed by atoms with van der Waals surface area (Å²) in [7, 11) is 2.25. The van der Waals surface area contributed by atoms with Gasteiger partial charge in [-0.25, -0.2) is 0 Å². The molecule has 0 unspecified atom stereocenters. The third kappa shape index (κ3) is 1.66. The molecule has 12 heavy (non-hydrogen) atoms. The van der Waals surface area contributed by atoms with Gasteiger partial charge in [-0.2, -0.15) is 0 Å². The van der Waals surface area contributed by atoms with Crippen molar-refractivity contribution in [3.63, 3.8) is 0 Å². The molecule has 0 atom stereocenters. The molecule has 70 valence electrons. The Morgan fingerprint density at radius 2 is 1.33 bits per heavy atom. The maximum absolute atomic E-state index is 2.47. The van der Waals surface area contributed by atoms with E-state index < -0.39 is 0 Å². The van der Waals surface area contributed by atoms with Crippen LogP contribution in [0.1, 0.15) is 44.9 Å². The number of rotatable bonds is 0. The summed E-state index contributed by atoms with van der Waals surface area (Å²) in [6.45, 7) is 2.76. The first-order valence-electron chi connectivity index (χ1n) is 5.49. The third-order valence-electron chi connectivity index (χ3n) is 3.62. The molecule has 1 aliphatic heterocycles. The highest BCUT2D eigenvalue weighted by Gasteiger charge is 2.39. The van der Waals surface area contributed by atoms with Crippen molar-refractivity contribution in [1.82, 2.24) is 4.90 Å². The molecule has 1 heterocycles. The third-order valence-corrected chi connectivity index (χ3v) is 3.62. The molecular weight excluding hydrogens is 146 g/mol. The first-order chi connectivity index (χ1) is 5.81. The lowest BCUT2D eigenvalue weighted by Crippen LogP contribution is -2.54. The van der Waals surface area contributed by atoms with E-state index in [1.165, 1.54) is 58.0 Å². The van der Waals surface area contributed by atoms with Crippen molar-refractivity contribution < 1.29 is 0 Å². The smallest absolute Gasteiger partial charge is 0.00474 e. The van der Waals surface area contributed by atoms with Crippen LogP contribution in [0.25, 0.3) is 0 Å². The Labute approximate surface area is 76.1 Å². The normalized spacial score (nSPS) is 30.8. The zero-order chi connectivity index (χ0) is 8.44. The zero-order valence-electron chi connectivity index (χ0n) is 8.31. The van der Waals surface area contributed by atoms with Gasteiger partial charge in [0.15, 0.2) is 0 Å². The van der Waals surface area contributed by atoms with E-state index in [9.17, 15) is 0 Å². The van der Waals surface area contributed by atoms with Gasteiger partial charge < -0.3 is 4.90 Å². The lowest BCUT2D eigenvalue weighted by atomic mass is 9.71. The van der Waals surface area contributed by atoms with E-state index >= 15 is 0 Å². The number of nitrogens with zero attached hydrogens (tertiary/aromatic N) is 1. The standard InChI is InChI=1S/C11H21N/c1-12-9-11(10-12)7-5-3-2-4-6-8-11/h2-10H2,1H3. The van der Waals surface area contributed by atoms with Crippen molar-refractivity contribution in [2.24, 2.45) is 5.41 Å². The molecule has 0 aromatic carbocycles. The molecule has 0 aromatic heterocycles. The van der Waals surface area contributed by atoms with Crippen LogP contribution in [0.2, 0.25) is 0 Å². The van der Waals surface area contributed by atoms with Crippen molar-refractivity contribution in [2.45, 2.75) is 44.9 Å². The predicted molar refractivity (Wildman–Crippen MR) is 52.2 cm³/mol. The molecule has 0 amide bonds. The van der Waals surface area contributed by atoms with Gasteiger partial charge in [0.25, 0.3) is 0 Å². The van der Waals surface area contributed by atoms with Crippen LogP contribution in [-0.2, 0) is 0 Å². The van der Waals surface area contributed by atoms with Gasteiger partial charge in [-0.1, -0.05) is 32.1 Å². The Morgan fingerprint density at radius 1 is 0.833 bits per heavy atom. The predicted octanol–water partition coefficient (Wildman–Crippen LogP) is 2.66. The highest BCUT2D eigenvalue weighted by Crippen LogP contribution is 2.41. The largest absolute Gasteiger partial charge is 0.305 e. The summed E-state index contributed by atoms with van der Waals surface area (Å²) in [5.41, 5.74) is 0.773. The van der Waals surface area contributed by atoms with Gasteiger partial charge in [-0.3, -0.25) is 0 Å². The molecule has 2 rings (SSSR count). The van der Waals surface area contributed by atoms with E-state index in [4.69, 9.17) is 0 Å². The average molecular weight is 167 g/mol. The fraction of sp³-hybridized carbons (Fsp3) is 1.00. The number of hydrogen-bond acceptors (Lipinski definition) is 1. The Hall–Kier alpha value is -0.0400. The second-order valence-electron chi connectivity index (χ2n) is 4.94. The highest BCUT2D eigenvalue weighted by atomic mass is 15.2. The second kappa shape index (κ2) is 3.37. The molecule has 1 saturated heterocycles. The molecule has 0 radical (unpaired) electrons. The second-order valence-corrected chi connectivity index (χ2v) is 4.94. The lowest BCUT2D eigenvalue weighted by Gasteiger charge is -2.50. The van der Waals surface area contributed by atoms with E-state index in [-0.39, 0.29) is 0 Å². The van der Waals surface area contributed by atoms with E-state index in [2.05, 4.69) is 11.9 Å². The first kappa shape index (κ1) is 8.55. The molecule has 2 aliphatic rings. The van der Waals surface area contributed by atoms with Crippen molar-refractivity contribution in [3.8, 4) is 0 Å². The topological polar surface area (TPSA) is 3.24 Å². The molecular formula is C11H21N. The molecule has 1 aliphatic carbocycles. The highest BCUT2D eigenvalue weighted by molar-refractivity contribution is 4.93. The van der Waals surface area contributed by atoms with Crippen molar-refractivity contribution in [2.75, 3.05) is 20.1 Å². The number of hydrogen-bond donors (Lipinski definition) is 0. The molecule has 1 spiro atoms. The molecule has 0 N–H and O–H groups in total. The van der Waals surface area contributed by atoms with E-state index in [0.29, 0.717) is 0 Å². The average Bonchev–Trinajstić information content (AvgIpc) is 1.92. The van der Waals surface area contributed by atoms with E-state index in [1.54, 1.807) is 0 Å². The van der Waals surface area contributed by atoms with Gasteiger partial charge in [0.1, 0.15) is 0 Å². The molecule has 1 saturated carbocycles. The quantitative estimate of drug-likeness (QED) is 0.536. The van der Waals surface area contributed by atoms with E-state index in [0.717, 1.165) is 5.41 Å². The molecule has 0 aromatic rings.